The molecule has 0 saturated carbocycles. The molecule has 4 heteroatoms. The highest BCUT2D eigenvalue weighted by Crippen LogP contribution is 2.22. The molecule has 0 saturated heterocycles. The molecule has 114 valence electrons. The van der Waals surface area contributed by atoms with E-state index < -0.39 is 0 Å². The Morgan fingerprint density at radius 3 is 2.50 bits per heavy atom. The number of nitrogens with zero attached hydrogens (tertiary/aromatic N) is 1. The Bertz CT molecular complexity index is 652. The summed E-state index contributed by atoms with van der Waals surface area (Å²) in [6, 6.07) is 15.3. The van der Waals surface area contributed by atoms with Gasteiger partial charge in [-0.3, -0.25) is 4.79 Å². The van der Waals surface area contributed by atoms with E-state index in [1.165, 1.54) is 0 Å². The predicted molar refractivity (Wildman–Crippen MR) is 84.3 cm³/mol. The zero-order valence-corrected chi connectivity index (χ0v) is 12.6. The van der Waals surface area contributed by atoms with Gasteiger partial charge in [-0.2, -0.15) is 0 Å². The zero-order valence-electron chi connectivity index (χ0n) is 12.6. The van der Waals surface area contributed by atoms with Crippen molar-refractivity contribution in [1.29, 1.82) is 0 Å². The van der Waals surface area contributed by atoms with Crippen LogP contribution >= 0.6 is 0 Å². The first-order chi connectivity index (χ1) is 10.8. The summed E-state index contributed by atoms with van der Waals surface area (Å²) in [6.45, 7) is 2.01. The smallest absolute Gasteiger partial charge is 0.254 e. The highest BCUT2D eigenvalue weighted by Gasteiger charge is 2.25. The summed E-state index contributed by atoms with van der Waals surface area (Å²) in [7, 11) is 1.64. The first-order valence-electron chi connectivity index (χ1n) is 7.42. The summed E-state index contributed by atoms with van der Waals surface area (Å²) in [4.78, 5) is 14.1. The maximum Gasteiger partial charge on any atom is 0.254 e. The summed E-state index contributed by atoms with van der Waals surface area (Å²) < 4.78 is 10.8. The van der Waals surface area contributed by atoms with Crippen LogP contribution in [0.4, 0.5) is 0 Å². The van der Waals surface area contributed by atoms with Gasteiger partial charge >= 0.3 is 0 Å². The zero-order chi connectivity index (χ0) is 15.4. The van der Waals surface area contributed by atoms with Crippen LogP contribution in [0.5, 0.6) is 11.5 Å². The second kappa shape index (κ2) is 6.52. The number of amides is 1. The third-order valence-corrected chi connectivity index (χ3v) is 3.80. The molecule has 1 heterocycles. The molecule has 1 aliphatic heterocycles. The van der Waals surface area contributed by atoms with Gasteiger partial charge in [0.15, 0.2) is 0 Å². The number of hydrogen-bond acceptors (Lipinski definition) is 3. The summed E-state index contributed by atoms with van der Waals surface area (Å²) in [5.74, 6) is 1.75. The lowest BCUT2D eigenvalue weighted by atomic mass is 10.1. The monoisotopic (exact) mass is 297 g/mol. The summed E-state index contributed by atoms with van der Waals surface area (Å²) in [5.41, 5.74) is 1.95. The van der Waals surface area contributed by atoms with Crippen molar-refractivity contribution >= 4 is 5.91 Å². The lowest BCUT2D eigenvalue weighted by molar-refractivity contribution is 0.0770. The van der Waals surface area contributed by atoms with E-state index >= 15 is 0 Å². The average molecular weight is 297 g/mol. The van der Waals surface area contributed by atoms with Gasteiger partial charge in [0.1, 0.15) is 11.5 Å². The van der Waals surface area contributed by atoms with Gasteiger partial charge in [-0.25, -0.2) is 0 Å². The van der Waals surface area contributed by atoms with Gasteiger partial charge in [-0.15, -0.1) is 0 Å². The topological polar surface area (TPSA) is 38.8 Å². The quantitative estimate of drug-likeness (QED) is 0.769. The minimum atomic E-state index is 0.125. The molecule has 2 aromatic carbocycles. The Labute approximate surface area is 130 Å². The molecule has 0 bridgehead atoms. The van der Waals surface area contributed by atoms with Crippen LogP contribution in [-0.2, 0) is 6.54 Å². The van der Waals surface area contributed by atoms with E-state index in [1.54, 1.807) is 7.11 Å². The second-order valence-corrected chi connectivity index (χ2v) is 5.26. The molecule has 1 amide bonds. The molecule has 0 aromatic heterocycles. The molecular formula is C18H19NO3. The molecule has 0 fully saturated rings. The molecule has 0 atom stereocenters. The number of carbonyl (C=O) groups excluding carboxylic acids is 1. The van der Waals surface area contributed by atoms with Crippen LogP contribution < -0.4 is 9.47 Å². The highest BCUT2D eigenvalue weighted by molar-refractivity contribution is 5.98. The Balaban J connectivity index is 1.45. The van der Waals surface area contributed by atoms with Gasteiger partial charge in [-0.05, 0) is 42.3 Å². The first-order valence-corrected chi connectivity index (χ1v) is 7.42. The highest BCUT2D eigenvalue weighted by atomic mass is 16.5. The number of hydrogen-bond donors (Lipinski definition) is 0. The van der Waals surface area contributed by atoms with E-state index in [0.29, 0.717) is 19.7 Å². The van der Waals surface area contributed by atoms with Crippen molar-refractivity contribution in [1.82, 2.24) is 4.90 Å². The van der Waals surface area contributed by atoms with Crippen molar-refractivity contribution in [2.45, 2.75) is 13.0 Å². The standard InChI is InChI=1S/C18H19NO3/c1-21-15-7-9-16(10-8-15)22-12-4-11-19-13-14-5-2-3-6-17(14)18(19)20/h2-3,5-10H,4,11-13H2,1H3. The van der Waals surface area contributed by atoms with Crippen molar-refractivity contribution in [3.8, 4) is 11.5 Å². The van der Waals surface area contributed by atoms with E-state index in [0.717, 1.165) is 29.0 Å². The van der Waals surface area contributed by atoms with Crippen LogP contribution in [0.15, 0.2) is 48.5 Å². The number of ether oxygens (including phenoxy) is 2. The molecule has 22 heavy (non-hydrogen) atoms. The minimum Gasteiger partial charge on any atom is -0.497 e. The Morgan fingerprint density at radius 2 is 1.77 bits per heavy atom. The predicted octanol–water partition coefficient (Wildman–Crippen LogP) is 3.12. The lowest BCUT2D eigenvalue weighted by Crippen LogP contribution is -2.26. The van der Waals surface area contributed by atoms with Gasteiger partial charge in [0.2, 0.25) is 0 Å². The molecule has 0 N–H and O–H groups in total. The third-order valence-electron chi connectivity index (χ3n) is 3.80. The van der Waals surface area contributed by atoms with E-state index in [2.05, 4.69) is 0 Å². The third kappa shape index (κ3) is 3.06. The van der Waals surface area contributed by atoms with Gasteiger partial charge in [0.05, 0.1) is 13.7 Å². The van der Waals surface area contributed by atoms with Gasteiger partial charge in [-0.1, -0.05) is 18.2 Å². The molecular weight excluding hydrogens is 278 g/mol. The van der Waals surface area contributed by atoms with Crippen LogP contribution in [0.1, 0.15) is 22.3 Å². The molecule has 4 nitrogen and oxygen atoms in total. The van der Waals surface area contributed by atoms with Crippen LogP contribution in [0.2, 0.25) is 0 Å². The van der Waals surface area contributed by atoms with Crippen molar-refractivity contribution < 1.29 is 14.3 Å². The van der Waals surface area contributed by atoms with Gasteiger partial charge < -0.3 is 14.4 Å². The normalized spacial score (nSPS) is 13.1. The Hall–Kier alpha value is -2.49. The molecule has 3 rings (SSSR count). The number of rotatable bonds is 6. The number of methoxy groups -OCH3 is 1. The number of benzene rings is 2. The number of fused-ring (bicyclic) bond motifs is 1. The fourth-order valence-electron chi connectivity index (χ4n) is 2.61. The second-order valence-electron chi connectivity index (χ2n) is 5.26. The van der Waals surface area contributed by atoms with Gasteiger partial charge in [0.25, 0.3) is 5.91 Å². The molecule has 0 spiro atoms. The van der Waals surface area contributed by atoms with Crippen molar-refractivity contribution in [3.63, 3.8) is 0 Å². The average Bonchev–Trinajstić information content (AvgIpc) is 2.89. The van der Waals surface area contributed by atoms with Crippen LogP contribution in [0.3, 0.4) is 0 Å². The fourth-order valence-corrected chi connectivity index (χ4v) is 2.61. The molecule has 0 aliphatic carbocycles. The first kappa shape index (κ1) is 14.4. The number of carbonyl (C=O) groups is 1. The molecule has 0 radical (unpaired) electrons. The molecule has 0 unspecified atom stereocenters. The summed E-state index contributed by atoms with van der Waals surface area (Å²) >= 11 is 0. The fraction of sp³-hybridized carbons (Fsp3) is 0.278. The molecule has 1 aliphatic rings. The SMILES string of the molecule is COc1ccc(OCCCN2Cc3ccccc3C2=O)cc1. The van der Waals surface area contributed by atoms with Crippen molar-refractivity contribution in [2.24, 2.45) is 0 Å². The Morgan fingerprint density at radius 1 is 1.05 bits per heavy atom. The lowest BCUT2D eigenvalue weighted by Gasteiger charge is -2.15. The maximum absolute atomic E-state index is 12.2. The van der Waals surface area contributed by atoms with Crippen molar-refractivity contribution in [3.05, 3.63) is 59.7 Å². The van der Waals surface area contributed by atoms with E-state index in [1.807, 2.05) is 53.4 Å². The summed E-state index contributed by atoms with van der Waals surface area (Å²) in [5, 5.41) is 0. The largest absolute Gasteiger partial charge is 0.497 e. The van der Waals surface area contributed by atoms with E-state index in [-0.39, 0.29) is 5.91 Å². The van der Waals surface area contributed by atoms with E-state index in [9.17, 15) is 4.79 Å². The van der Waals surface area contributed by atoms with Gasteiger partial charge in [0, 0.05) is 18.7 Å². The van der Waals surface area contributed by atoms with Crippen LogP contribution in [0.25, 0.3) is 0 Å². The maximum atomic E-state index is 12.2. The Kier molecular flexibility index (Phi) is 4.28. The minimum absolute atomic E-state index is 0.125. The van der Waals surface area contributed by atoms with Crippen LogP contribution in [0, 0.1) is 0 Å². The van der Waals surface area contributed by atoms with Crippen LogP contribution in [-0.4, -0.2) is 31.1 Å². The molecule has 2 aromatic rings. The van der Waals surface area contributed by atoms with Crippen molar-refractivity contribution in [2.75, 3.05) is 20.3 Å². The van der Waals surface area contributed by atoms with E-state index in [4.69, 9.17) is 9.47 Å². The summed E-state index contributed by atoms with van der Waals surface area (Å²) in [6.07, 6.45) is 0.811.